The van der Waals surface area contributed by atoms with Crippen molar-refractivity contribution in [3.63, 3.8) is 0 Å². The summed E-state index contributed by atoms with van der Waals surface area (Å²) in [5, 5.41) is 55.5. The molecule has 2 aliphatic heterocycles. The highest BCUT2D eigenvalue weighted by molar-refractivity contribution is 5.93. The van der Waals surface area contributed by atoms with Gasteiger partial charge in [0.05, 0.1) is 32.0 Å². The van der Waals surface area contributed by atoms with Gasteiger partial charge in [0.1, 0.15) is 30.6 Å². The second-order valence-electron chi connectivity index (χ2n) is 16.5. The number of aliphatic hydroxyl groups excluding tert-OH is 3. The highest BCUT2D eigenvalue weighted by Gasteiger charge is 2.42. The van der Waals surface area contributed by atoms with Crippen molar-refractivity contribution in [2.75, 3.05) is 65.7 Å². The minimum Gasteiger partial charge on any atom is -0.502 e. The molecule has 0 fully saturated rings. The van der Waals surface area contributed by atoms with Crippen molar-refractivity contribution in [2.45, 2.75) is 76.0 Å². The largest absolute Gasteiger partial charge is 0.502 e. The molecule has 12 heteroatoms. The van der Waals surface area contributed by atoms with Crippen LogP contribution in [-0.4, -0.2) is 80.8 Å². The first-order valence-corrected chi connectivity index (χ1v) is 20.6. The molecule has 0 amide bonds. The Morgan fingerprint density at radius 2 is 1.74 bits per heavy atom. The van der Waals surface area contributed by atoms with E-state index in [2.05, 4.69) is 54.1 Å². The summed E-state index contributed by atoms with van der Waals surface area (Å²) in [6.45, 7) is 8.92. The Hall–Kier alpha value is -4.72. The molecule has 0 aromatic heterocycles. The van der Waals surface area contributed by atoms with E-state index in [0.29, 0.717) is 59.9 Å². The summed E-state index contributed by atoms with van der Waals surface area (Å²) >= 11 is 0. The zero-order chi connectivity index (χ0) is 40.7. The Morgan fingerprint density at radius 3 is 2.52 bits per heavy atom. The molecule has 4 aromatic carbocycles. The van der Waals surface area contributed by atoms with Gasteiger partial charge in [-0.2, -0.15) is 0 Å². The maximum Gasteiger partial charge on any atom is 0.200 e. The normalized spacial score (nSPS) is 21.4. The number of fused-ring (bicyclic) bond motifs is 3. The maximum absolute atomic E-state index is 12.4. The first-order chi connectivity index (χ1) is 28.1. The van der Waals surface area contributed by atoms with E-state index < -0.39 is 18.2 Å². The molecule has 5 atom stereocenters. The predicted molar refractivity (Wildman–Crippen MR) is 222 cm³/mol. The van der Waals surface area contributed by atoms with Gasteiger partial charge in [0.2, 0.25) is 5.75 Å². The van der Waals surface area contributed by atoms with E-state index in [4.69, 9.17) is 23.7 Å². The monoisotopic (exact) mass is 795 g/mol. The van der Waals surface area contributed by atoms with Crippen LogP contribution in [0.25, 0.3) is 11.1 Å². The first kappa shape index (κ1) is 40.1. The maximum atomic E-state index is 12.4. The van der Waals surface area contributed by atoms with Crippen LogP contribution in [0, 0.1) is 5.92 Å². The van der Waals surface area contributed by atoms with Crippen LogP contribution in [-0.2, 0) is 18.3 Å². The molecule has 310 valence electrons. The smallest absolute Gasteiger partial charge is 0.200 e. The summed E-state index contributed by atoms with van der Waals surface area (Å²) < 4.78 is 31.0. The van der Waals surface area contributed by atoms with Crippen molar-refractivity contribution < 1.29 is 44.1 Å². The fourth-order valence-corrected chi connectivity index (χ4v) is 9.60. The first-order valence-electron chi connectivity index (χ1n) is 20.6. The second-order valence-corrected chi connectivity index (χ2v) is 16.5. The molecule has 0 bridgehead atoms. The van der Waals surface area contributed by atoms with E-state index in [1.165, 1.54) is 18.2 Å². The van der Waals surface area contributed by atoms with Crippen molar-refractivity contribution in [2.24, 2.45) is 5.92 Å². The lowest BCUT2D eigenvalue weighted by atomic mass is 9.66. The van der Waals surface area contributed by atoms with Gasteiger partial charge in [-0.15, -0.1) is 0 Å². The third kappa shape index (κ3) is 7.08. The fourth-order valence-electron chi connectivity index (χ4n) is 9.60. The standard InChI is InChI=1S/C46H57N3O9/c1-6-48-24-58-36-20-34(55-16-15-47-4)29-11-12-30-39-33(49-45(53)42(36)41(29)39)19-35-40(30)43(51)31(23-57-35)25-17-37(54-5)44(52)38(18-25)56-22-26(21-50)27-13-14-46(2,3)32-10-8-7-9-28(27)32/h7-10,17-20,26-27,31,43,45,47-53H,6,11-16,21-24H2,1-5H3/t26-,27+,31-,43-,45+/m0/s1. The Morgan fingerprint density at radius 1 is 0.948 bits per heavy atom. The van der Waals surface area contributed by atoms with Gasteiger partial charge >= 0.3 is 0 Å². The van der Waals surface area contributed by atoms with Crippen LogP contribution in [0.2, 0.25) is 0 Å². The average molecular weight is 796 g/mol. The van der Waals surface area contributed by atoms with E-state index in [1.807, 2.05) is 26.1 Å². The van der Waals surface area contributed by atoms with Gasteiger partial charge in [-0.3, -0.25) is 5.32 Å². The molecular formula is C46H57N3O9. The number of phenolic OH excluding ortho intramolecular Hbond substituents is 1. The van der Waals surface area contributed by atoms with E-state index in [0.717, 1.165) is 47.3 Å². The van der Waals surface area contributed by atoms with Crippen LogP contribution in [0.3, 0.4) is 0 Å². The van der Waals surface area contributed by atoms with Crippen molar-refractivity contribution in [1.29, 1.82) is 0 Å². The lowest BCUT2D eigenvalue weighted by Gasteiger charge is -2.40. The summed E-state index contributed by atoms with van der Waals surface area (Å²) in [5.74, 6) is 1.45. The third-order valence-corrected chi connectivity index (χ3v) is 12.7. The van der Waals surface area contributed by atoms with Crippen LogP contribution in [0.4, 0.5) is 5.69 Å². The Balaban J connectivity index is 1.13. The topological polar surface area (TPSA) is 163 Å². The average Bonchev–Trinajstić information content (AvgIpc) is 3.22. The molecule has 0 unspecified atom stereocenters. The van der Waals surface area contributed by atoms with Crippen LogP contribution in [0.15, 0.2) is 48.5 Å². The molecule has 4 aliphatic rings. The number of hydrogen-bond donors (Lipinski definition) is 7. The second kappa shape index (κ2) is 16.5. The SMILES string of the molecule is CCNCOc1cc(OCCNC)c2c3c1[C@@H](O)Nc1cc4c(c(c1-3)CC2)[C@@H](O)[C@H](c1cc(OC)c(O)c(OC[C@H](CO)[C@H]2CCC(C)(C)c3ccccc32)c1)CO4. The molecule has 0 spiro atoms. The molecule has 58 heavy (non-hydrogen) atoms. The number of rotatable bonds is 15. The van der Waals surface area contributed by atoms with Gasteiger partial charge in [-0.05, 0) is 85.0 Å². The van der Waals surface area contributed by atoms with Gasteiger partial charge in [-0.25, -0.2) is 0 Å². The molecule has 7 N–H and O–H groups in total. The van der Waals surface area contributed by atoms with Crippen molar-refractivity contribution in [3.05, 3.63) is 87.5 Å². The van der Waals surface area contributed by atoms with E-state index in [1.54, 1.807) is 12.1 Å². The van der Waals surface area contributed by atoms with Gasteiger partial charge in [-0.1, -0.05) is 45.0 Å². The van der Waals surface area contributed by atoms with Crippen molar-refractivity contribution in [3.8, 4) is 45.6 Å². The number of methoxy groups -OCH3 is 1. The summed E-state index contributed by atoms with van der Waals surface area (Å²) in [4.78, 5) is 0. The number of benzene rings is 4. The molecule has 0 saturated carbocycles. The molecule has 12 nitrogen and oxygen atoms in total. The van der Waals surface area contributed by atoms with Gasteiger partial charge in [0.15, 0.2) is 17.7 Å². The molecule has 4 aromatic rings. The number of ether oxygens (including phenoxy) is 5. The van der Waals surface area contributed by atoms with E-state index in [-0.39, 0.29) is 61.1 Å². The van der Waals surface area contributed by atoms with E-state index in [9.17, 15) is 20.4 Å². The predicted octanol–water partition coefficient (Wildman–Crippen LogP) is 6.18. The quantitative estimate of drug-likeness (QED) is 0.0542. The van der Waals surface area contributed by atoms with Gasteiger partial charge in [0, 0.05) is 65.1 Å². The lowest BCUT2D eigenvalue weighted by Crippen LogP contribution is -2.32. The molecule has 8 rings (SSSR count). The Kier molecular flexibility index (Phi) is 11.4. The Labute approximate surface area is 340 Å². The van der Waals surface area contributed by atoms with Crippen LogP contribution in [0.5, 0.6) is 34.5 Å². The van der Waals surface area contributed by atoms with E-state index >= 15 is 0 Å². The summed E-state index contributed by atoms with van der Waals surface area (Å²) in [7, 11) is 3.37. The zero-order valence-corrected chi connectivity index (χ0v) is 34.1. The van der Waals surface area contributed by atoms with Crippen LogP contribution < -0.4 is 39.6 Å². The highest BCUT2D eigenvalue weighted by Crippen LogP contribution is 2.57. The molecule has 0 radical (unpaired) electrons. The lowest BCUT2D eigenvalue weighted by molar-refractivity contribution is 0.0875. The summed E-state index contributed by atoms with van der Waals surface area (Å²) in [5.41, 5.74) is 8.99. The number of nitrogens with one attached hydrogen (secondary N) is 3. The zero-order valence-electron chi connectivity index (χ0n) is 34.1. The highest BCUT2D eigenvalue weighted by atomic mass is 16.5. The summed E-state index contributed by atoms with van der Waals surface area (Å²) in [6.07, 6.45) is 1.13. The molecular weight excluding hydrogens is 739 g/mol. The van der Waals surface area contributed by atoms with Crippen LogP contribution >= 0.6 is 0 Å². The number of phenols is 1. The fraction of sp³-hybridized carbons (Fsp3) is 0.478. The van der Waals surface area contributed by atoms with Crippen molar-refractivity contribution >= 4 is 5.69 Å². The number of hydrogen-bond acceptors (Lipinski definition) is 12. The number of anilines is 1. The van der Waals surface area contributed by atoms with Gasteiger partial charge in [0.25, 0.3) is 0 Å². The summed E-state index contributed by atoms with van der Waals surface area (Å²) in [6, 6.07) is 15.7. The van der Waals surface area contributed by atoms with Crippen LogP contribution in [0.1, 0.15) is 96.7 Å². The minimum absolute atomic E-state index is 0.0451. The van der Waals surface area contributed by atoms with Gasteiger partial charge < -0.3 is 54.7 Å². The number of aromatic hydroxyl groups is 1. The van der Waals surface area contributed by atoms with Crippen molar-refractivity contribution in [1.82, 2.24) is 10.6 Å². The number of aliphatic hydroxyl groups is 3. The third-order valence-electron chi connectivity index (χ3n) is 12.7. The number of likely N-dealkylation sites (N-methyl/N-ethyl adjacent to an activating group) is 1. The minimum atomic E-state index is -1.04. The molecule has 2 aliphatic carbocycles. The molecule has 0 saturated heterocycles. The molecule has 2 heterocycles. The Bertz CT molecular complexity index is 2160.